The number of nitro benzene ring substituents is 1. The van der Waals surface area contributed by atoms with Gasteiger partial charge in [-0.3, -0.25) is 10.1 Å². The predicted molar refractivity (Wildman–Crippen MR) is 76.3 cm³/mol. The van der Waals surface area contributed by atoms with Crippen LogP contribution in [-0.2, 0) is 10.0 Å². The average Bonchev–Trinajstić information content (AvgIpc) is 2.34. The number of nitrogens with one attached hydrogen (secondary N) is 1. The zero-order chi connectivity index (χ0) is 14.1. The van der Waals surface area contributed by atoms with E-state index in [9.17, 15) is 18.5 Å². The highest BCUT2D eigenvalue weighted by Gasteiger charge is 2.33. The van der Waals surface area contributed by atoms with Gasteiger partial charge in [-0.25, -0.2) is 13.1 Å². The van der Waals surface area contributed by atoms with Crippen molar-refractivity contribution in [2.24, 2.45) is 5.73 Å². The third-order valence-corrected chi connectivity index (χ3v) is 4.74. The van der Waals surface area contributed by atoms with Crippen molar-refractivity contribution in [2.75, 3.05) is 6.54 Å². The van der Waals surface area contributed by atoms with Crippen LogP contribution in [-0.4, -0.2) is 25.4 Å². The molecule has 0 aromatic heterocycles. The van der Waals surface area contributed by atoms with E-state index in [1.54, 1.807) is 0 Å². The molecule has 2 rings (SSSR count). The summed E-state index contributed by atoms with van der Waals surface area (Å²) in [6.07, 6.45) is 2.61. The summed E-state index contributed by atoms with van der Waals surface area (Å²) in [5, 5.41) is 10.5. The first-order chi connectivity index (χ1) is 8.82. The largest absolute Gasteiger partial charge is 0.324 e. The monoisotopic (exact) mass is 321 g/mol. The zero-order valence-corrected chi connectivity index (χ0v) is 12.2. The summed E-state index contributed by atoms with van der Waals surface area (Å²) in [4.78, 5) is 9.91. The number of non-ortho nitro benzene ring substituents is 1. The number of hydrogen-bond acceptors (Lipinski definition) is 5. The molecule has 0 aliphatic heterocycles. The molecule has 0 bridgehead atoms. The van der Waals surface area contributed by atoms with Crippen LogP contribution in [0.5, 0.6) is 0 Å². The van der Waals surface area contributed by atoms with Gasteiger partial charge >= 0.3 is 0 Å². The minimum absolute atomic E-state index is 0. The molecule has 3 N–H and O–H groups in total. The quantitative estimate of drug-likeness (QED) is 0.624. The van der Waals surface area contributed by atoms with Crippen LogP contribution in [0.4, 0.5) is 5.69 Å². The first kappa shape index (κ1) is 16.8. The molecule has 0 amide bonds. The second kappa shape index (κ2) is 6.04. The molecule has 1 aliphatic rings. The smallest absolute Gasteiger partial charge is 0.269 e. The van der Waals surface area contributed by atoms with E-state index in [4.69, 9.17) is 5.73 Å². The lowest BCUT2D eigenvalue weighted by Gasteiger charge is -2.37. The molecule has 0 unspecified atom stereocenters. The van der Waals surface area contributed by atoms with Crippen molar-refractivity contribution in [3.63, 3.8) is 0 Å². The molecule has 0 heterocycles. The third kappa shape index (κ3) is 3.66. The van der Waals surface area contributed by atoms with Crippen molar-refractivity contribution in [3.8, 4) is 0 Å². The molecule has 1 aromatic carbocycles. The highest BCUT2D eigenvalue weighted by Crippen LogP contribution is 2.28. The Labute approximate surface area is 123 Å². The number of nitrogens with two attached hydrogens (primary N) is 1. The molecule has 20 heavy (non-hydrogen) atoms. The summed E-state index contributed by atoms with van der Waals surface area (Å²) < 4.78 is 26.4. The van der Waals surface area contributed by atoms with Crippen LogP contribution in [0.15, 0.2) is 29.2 Å². The number of nitro groups is 1. The minimum Gasteiger partial charge on any atom is -0.324 e. The Morgan fingerprint density at radius 1 is 1.30 bits per heavy atom. The van der Waals surface area contributed by atoms with Crippen molar-refractivity contribution in [3.05, 3.63) is 34.4 Å². The van der Waals surface area contributed by atoms with Gasteiger partial charge in [0.25, 0.3) is 5.69 Å². The number of sulfonamides is 1. The Morgan fingerprint density at radius 3 is 2.25 bits per heavy atom. The molecule has 9 heteroatoms. The molecule has 7 nitrogen and oxygen atoms in total. The van der Waals surface area contributed by atoms with Gasteiger partial charge in [-0.05, 0) is 31.4 Å². The van der Waals surface area contributed by atoms with E-state index in [-0.39, 0.29) is 29.5 Å². The fraction of sp³-hybridized carbons (Fsp3) is 0.455. The van der Waals surface area contributed by atoms with Gasteiger partial charge in [0.1, 0.15) is 0 Å². The average molecular weight is 322 g/mol. The predicted octanol–water partition coefficient (Wildman–Crippen LogP) is 1.18. The van der Waals surface area contributed by atoms with Gasteiger partial charge in [-0.1, -0.05) is 0 Å². The molecule has 1 aliphatic carbocycles. The number of nitrogens with zero attached hydrogens (tertiary/aromatic N) is 1. The topological polar surface area (TPSA) is 115 Å². The lowest BCUT2D eigenvalue weighted by Crippen LogP contribution is -2.54. The Morgan fingerprint density at radius 2 is 1.85 bits per heavy atom. The first-order valence-corrected chi connectivity index (χ1v) is 7.34. The number of rotatable bonds is 5. The highest BCUT2D eigenvalue weighted by molar-refractivity contribution is 7.89. The van der Waals surface area contributed by atoms with Gasteiger partial charge in [0.15, 0.2) is 0 Å². The minimum atomic E-state index is -3.66. The zero-order valence-electron chi connectivity index (χ0n) is 10.6. The van der Waals surface area contributed by atoms with Crippen molar-refractivity contribution in [1.82, 2.24) is 4.72 Å². The molecule has 112 valence electrons. The summed E-state index contributed by atoms with van der Waals surface area (Å²) in [6.45, 7) is 0.187. The Bertz CT molecular complexity index is 584. The molecule has 1 fully saturated rings. The van der Waals surface area contributed by atoms with Gasteiger partial charge in [-0.15, -0.1) is 12.4 Å². The number of halogens is 1. The van der Waals surface area contributed by atoms with E-state index in [1.807, 2.05) is 0 Å². The molecule has 1 saturated carbocycles. The highest BCUT2D eigenvalue weighted by atomic mass is 35.5. The maximum atomic E-state index is 12.0. The van der Waals surface area contributed by atoms with E-state index >= 15 is 0 Å². The van der Waals surface area contributed by atoms with Crippen LogP contribution in [0.2, 0.25) is 0 Å². The Hall–Kier alpha value is -1.22. The van der Waals surface area contributed by atoms with Crippen LogP contribution in [0.1, 0.15) is 19.3 Å². The van der Waals surface area contributed by atoms with Gasteiger partial charge in [0.05, 0.1) is 9.82 Å². The molecular formula is C11H16ClN3O4S. The molecular weight excluding hydrogens is 306 g/mol. The molecule has 0 spiro atoms. The van der Waals surface area contributed by atoms with Crippen molar-refractivity contribution < 1.29 is 13.3 Å². The van der Waals surface area contributed by atoms with Gasteiger partial charge in [0, 0.05) is 24.2 Å². The Kier molecular flexibility index (Phi) is 5.09. The van der Waals surface area contributed by atoms with Crippen LogP contribution in [0, 0.1) is 10.1 Å². The normalized spacial score (nSPS) is 16.9. The summed E-state index contributed by atoms with van der Waals surface area (Å²) in [7, 11) is -3.66. The maximum Gasteiger partial charge on any atom is 0.269 e. The summed E-state index contributed by atoms with van der Waals surface area (Å²) in [6, 6.07) is 4.75. The lowest BCUT2D eigenvalue weighted by molar-refractivity contribution is -0.384. The fourth-order valence-corrected chi connectivity index (χ4v) is 3.02. The van der Waals surface area contributed by atoms with Crippen LogP contribution in [0.25, 0.3) is 0 Å². The molecule has 1 aromatic rings. The Balaban J connectivity index is 0.00000200. The van der Waals surface area contributed by atoms with Crippen molar-refractivity contribution >= 4 is 28.1 Å². The molecule has 0 atom stereocenters. The standard InChI is InChI=1S/C11H15N3O4S.ClH/c12-11(6-1-7-11)8-13-19(17,18)10-4-2-9(3-5-10)14(15)16;/h2-5,13H,1,6-8,12H2;1H. The van der Waals surface area contributed by atoms with Gasteiger partial charge in [-0.2, -0.15) is 0 Å². The van der Waals surface area contributed by atoms with E-state index < -0.39 is 20.5 Å². The third-order valence-electron chi connectivity index (χ3n) is 3.32. The van der Waals surface area contributed by atoms with Crippen LogP contribution in [0.3, 0.4) is 0 Å². The van der Waals surface area contributed by atoms with Crippen LogP contribution >= 0.6 is 12.4 Å². The van der Waals surface area contributed by atoms with E-state index in [1.165, 1.54) is 12.1 Å². The lowest BCUT2D eigenvalue weighted by atomic mass is 9.78. The summed E-state index contributed by atoms with van der Waals surface area (Å²) in [5.41, 5.74) is 5.34. The first-order valence-electron chi connectivity index (χ1n) is 5.85. The summed E-state index contributed by atoms with van der Waals surface area (Å²) in [5.74, 6) is 0. The fourth-order valence-electron chi connectivity index (χ4n) is 1.88. The second-order valence-electron chi connectivity index (χ2n) is 4.79. The summed E-state index contributed by atoms with van der Waals surface area (Å²) >= 11 is 0. The van der Waals surface area contributed by atoms with Gasteiger partial charge in [0.2, 0.25) is 10.0 Å². The van der Waals surface area contributed by atoms with Crippen LogP contribution < -0.4 is 10.5 Å². The van der Waals surface area contributed by atoms with Gasteiger partial charge < -0.3 is 5.73 Å². The van der Waals surface area contributed by atoms with Crippen molar-refractivity contribution in [2.45, 2.75) is 29.7 Å². The SMILES string of the molecule is Cl.NC1(CNS(=O)(=O)c2ccc([N+](=O)[O-])cc2)CCC1. The van der Waals surface area contributed by atoms with E-state index in [2.05, 4.69) is 4.72 Å². The molecule has 0 radical (unpaired) electrons. The number of hydrogen-bond donors (Lipinski definition) is 2. The molecule has 0 saturated heterocycles. The number of benzene rings is 1. The second-order valence-corrected chi connectivity index (χ2v) is 6.56. The van der Waals surface area contributed by atoms with E-state index in [0.717, 1.165) is 31.4 Å². The van der Waals surface area contributed by atoms with E-state index in [0.29, 0.717) is 0 Å². The van der Waals surface area contributed by atoms with Crippen molar-refractivity contribution in [1.29, 1.82) is 0 Å². The maximum absolute atomic E-state index is 12.0.